The van der Waals surface area contributed by atoms with Crippen molar-refractivity contribution in [1.29, 1.82) is 0 Å². The Balaban J connectivity index is 2.12. The Kier molecular flexibility index (Phi) is 4.46. The monoisotopic (exact) mass is 286 g/mol. The van der Waals surface area contributed by atoms with Crippen LogP contribution in [0.1, 0.15) is 36.5 Å². The molecule has 3 nitrogen and oxygen atoms in total. The van der Waals surface area contributed by atoms with Crippen molar-refractivity contribution in [2.45, 2.75) is 26.2 Å². The molecule has 0 N–H and O–H groups in total. The van der Waals surface area contributed by atoms with Crippen molar-refractivity contribution in [3.8, 4) is 0 Å². The third-order valence-electron chi connectivity index (χ3n) is 3.00. The van der Waals surface area contributed by atoms with Gasteiger partial charge in [-0.25, -0.2) is 4.98 Å². The SMILES string of the molecule is CCCN(CC1CC1)C(=O)c1cnc(Cl)c(Cl)c1. The zero-order valence-electron chi connectivity index (χ0n) is 10.3. The van der Waals surface area contributed by atoms with Crippen molar-refractivity contribution in [3.63, 3.8) is 0 Å². The van der Waals surface area contributed by atoms with Gasteiger partial charge in [0.2, 0.25) is 0 Å². The lowest BCUT2D eigenvalue weighted by Crippen LogP contribution is -2.33. The third-order valence-corrected chi connectivity index (χ3v) is 3.69. The predicted molar refractivity (Wildman–Crippen MR) is 73.2 cm³/mol. The van der Waals surface area contributed by atoms with Crippen molar-refractivity contribution in [2.24, 2.45) is 5.92 Å². The molecule has 0 aliphatic heterocycles. The second kappa shape index (κ2) is 5.89. The minimum atomic E-state index is -0.00480. The van der Waals surface area contributed by atoms with E-state index < -0.39 is 0 Å². The van der Waals surface area contributed by atoms with Crippen LogP contribution in [0.25, 0.3) is 0 Å². The summed E-state index contributed by atoms with van der Waals surface area (Å²) in [4.78, 5) is 18.2. The Morgan fingerprint density at radius 3 is 2.78 bits per heavy atom. The smallest absolute Gasteiger partial charge is 0.255 e. The Labute approximate surface area is 117 Å². The van der Waals surface area contributed by atoms with Gasteiger partial charge in [-0.2, -0.15) is 0 Å². The number of aromatic nitrogens is 1. The molecule has 1 saturated carbocycles. The van der Waals surface area contributed by atoms with Crippen molar-refractivity contribution in [2.75, 3.05) is 13.1 Å². The summed E-state index contributed by atoms with van der Waals surface area (Å²) in [5.41, 5.74) is 0.513. The van der Waals surface area contributed by atoms with E-state index in [0.717, 1.165) is 19.5 Å². The summed E-state index contributed by atoms with van der Waals surface area (Å²) in [5, 5.41) is 0.558. The second-order valence-electron chi connectivity index (χ2n) is 4.69. The van der Waals surface area contributed by atoms with Crippen LogP contribution in [0.2, 0.25) is 10.2 Å². The lowest BCUT2D eigenvalue weighted by atomic mass is 10.2. The van der Waals surface area contributed by atoms with Crippen LogP contribution in [0, 0.1) is 5.92 Å². The van der Waals surface area contributed by atoms with Crippen LogP contribution in [0.5, 0.6) is 0 Å². The Morgan fingerprint density at radius 1 is 1.50 bits per heavy atom. The van der Waals surface area contributed by atoms with Crippen molar-refractivity contribution < 1.29 is 4.79 Å². The van der Waals surface area contributed by atoms with Gasteiger partial charge in [-0.15, -0.1) is 0 Å². The standard InChI is InChI=1S/C13H16Cl2N2O/c1-2-5-17(8-9-3-4-9)13(18)10-6-11(14)12(15)16-7-10/h6-7,9H,2-5,8H2,1H3. The van der Waals surface area contributed by atoms with Gasteiger partial charge in [-0.05, 0) is 31.2 Å². The van der Waals surface area contributed by atoms with Gasteiger partial charge in [0.1, 0.15) is 5.15 Å². The number of rotatable bonds is 5. The Hall–Kier alpha value is -0.800. The van der Waals surface area contributed by atoms with E-state index in [0.29, 0.717) is 16.5 Å². The first kappa shape index (κ1) is 13.6. The number of amides is 1. The zero-order valence-corrected chi connectivity index (χ0v) is 11.8. The first-order valence-electron chi connectivity index (χ1n) is 6.22. The first-order valence-corrected chi connectivity index (χ1v) is 6.97. The summed E-state index contributed by atoms with van der Waals surface area (Å²) >= 11 is 11.6. The number of hydrogen-bond donors (Lipinski definition) is 0. The number of halogens is 2. The summed E-state index contributed by atoms with van der Waals surface area (Å²) in [6, 6.07) is 1.59. The molecule has 0 atom stereocenters. The summed E-state index contributed by atoms with van der Waals surface area (Å²) in [7, 11) is 0. The van der Waals surface area contributed by atoms with Crippen molar-refractivity contribution in [1.82, 2.24) is 9.88 Å². The van der Waals surface area contributed by atoms with Crippen LogP contribution in [0.4, 0.5) is 0 Å². The molecule has 0 aromatic carbocycles. The van der Waals surface area contributed by atoms with Gasteiger partial charge < -0.3 is 4.90 Å². The summed E-state index contributed by atoms with van der Waals surface area (Å²) in [5.74, 6) is 0.672. The highest BCUT2D eigenvalue weighted by Crippen LogP contribution is 2.30. The van der Waals surface area contributed by atoms with Crippen LogP contribution in [-0.2, 0) is 0 Å². The van der Waals surface area contributed by atoms with Crippen LogP contribution < -0.4 is 0 Å². The first-order chi connectivity index (χ1) is 8.61. The maximum absolute atomic E-state index is 12.3. The van der Waals surface area contributed by atoms with Gasteiger partial charge >= 0.3 is 0 Å². The molecular formula is C13H16Cl2N2O. The minimum Gasteiger partial charge on any atom is -0.338 e. The topological polar surface area (TPSA) is 33.2 Å². The lowest BCUT2D eigenvalue weighted by molar-refractivity contribution is 0.0747. The van der Waals surface area contributed by atoms with Gasteiger partial charge in [0.15, 0.2) is 0 Å². The second-order valence-corrected chi connectivity index (χ2v) is 5.46. The molecule has 1 amide bonds. The summed E-state index contributed by atoms with van der Waals surface area (Å²) in [6.45, 7) is 3.68. The van der Waals surface area contributed by atoms with E-state index in [4.69, 9.17) is 23.2 Å². The highest BCUT2D eigenvalue weighted by atomic mass is 35.5. The number of nitrogens with zero attached hydrogens (tertiary/aromatic N) is 2. The normalized spacial score (nSPS) is 14.6. The van der Waals surface area contributed by atoms with Crippen LogP contribution in [0.15, 0.2) is 12.3 Å². The molecule has 18 heavy (non-hydrogen) atoms. The molecular weight excluding hydrogens is 271 g/mol. The maximum Gasteiger partial charge on any atom is 0.255 e. The van der Waals surface area contributed by atoms with Gasteiger partial charge in [-0.3, -0.25) is 4.79 Å². The Bertz CT molecular complexity index is 447. The third kappa shape index (κ3) is 3.36. The highest BCUT2D eigenvalue weighted by molar-refractivity contribution is 6.41. The molecule has 1 aliphatic carbocycles. The van der Waals surface area contributed by atoms with Gasteiger partial charge in [0.05, 0.1) is 10.6 Å². The quantitative estimate of drug-likeness (QED) is 0.774. The fraction of sp³-hybridized carbons (Fsp3) is 0.538. The van der Waals surface area contributed by atoms with E-state index in [2.05, 4.69) is 11.9 Å². The van der Waals surface area contributed by atoms with Crippen molar-refractivity contribution in [3.05, 3.63) is 28.0 Å². The minimum absolute atomic E-state index is 0.00480. The number of hydrogen-bond acceptors (Lipinski definition) is 2. The molecule has 1 aromatic heterocycles. The molecule has 1 fully saturated rings. The van der Waals surface area contributed by atoms with Crippen LogP contribution >= 0.6 is 23.2 Å². The average molecular weight is 287 g/mol. The molecule has 5 heteroatoms. The van der Waals surface area contributed by atoms with Gasteiger partial charge in [0, 0.05) is 19.3 Å². The van der Waals surface area contributed by atoms with E-state index in [-0.39, 0.29) is 11.1 Å². The molecule has 0 radical (unpaired) electrons. The Morgan fingerprint density at radius 2 is 2.22 bits per heavy atom. The molecule has 2 rings (SSSR count). The molecule has 1 aromatic rings. The predicted octanol–water partition coefficient (Wildman–Crippen LogP) is 3.65. The van der Waals surface area contributed by atoms with E-state index in [1.807, 2.05) is 4.90 Å². The highest BCUT2D eigenvalue weighted by Gasteiger charge is 2.27. The number of carbonyl (C=O) groups excluding carboxylic acids is 1. The number of carbonyl (C=O) groups is 1. The molecule has 1 aliphatic rings. The summed E-state index contributed by atoms with van der Waals surface area (Å²) < 4.78 is 0. The van der Waals surface area contributed by atoms with Crippen LogP contribution in [-0.4, -0.2) is 28.9 Å². The van der Waals surface area contributed by atoms with E-state index in [1.54, 1.807) is 6.07 Å². The molecule has 1 heterocycles. The average Bonchev–Trinajstić information content (AvgIpc) is 3.15. The fourth-order valence-electron chi connectivity index (χ4n) is 1.88. The van der Waals surface area contributed by atoms with Gasteiger partial charge in [-0.1, -0.05) is 30.1 Å². The number of pyridine rings is 1. The molecule has 0 spiro atoms. The van der Waals surface area contributed by atoms with E-state index >= 15 is 0 Å². The van der Waals surface area contributed by atoms with E-state index in [9.17, 15) is 4.79 Å². The van der Waals surface area contributed by atoms with Crippen molar-refractivity contribution >= 4 is 29.1 Å². The molecule has 0 saturated heterocycles. The largest absolute Gasteiger partial charge is 0.338 e. The fourth-order valence-corrected chi connectivity index (χ4v) is 2.15. The summed E-state index contributed by atoms with van der Waals surface area (Å²) in [6.07, 6.45) is 4.90. The molecule has 0 unspecified atom stereocenters. The maximum atomic E-state index is 12.3. The lowest BCUT2D eigenvalue weighted by Gasteiger charge is -2.22. The zero-order chi connectivity index (χ0) is 13.1. The molecule has 98 valence electrons. The van der Waals surface area contributed by atoms with E-state index in [1.165, 1.54) is 19.0 Å². The van der Waals surface area contributed by atoms with Crippen LogP contribution in [0.3, 0.4) is 0 Å². The van der Waals surface area contributed by atoms with Gasteiger partial charge in [0.25, 0.3) is 5.91 Å². The molecule has 0 bridgehead atoms.